The highest BCUT2D eigenvalue weighted by Gasteiger charge is 2.33. The smallest absolute Gasteiger partial charge is 0.160 e. The molecule has 0 fully saturated rings. The molecule has 4 nitrogen and oxygen atoms in total. The minimum atomic E-state index is 0.326. The maximum atomic E-state index is 5.38. The van der Waals surface area contributed by atoms with E-state index in [1.54, 1.807) is 0 Å². The van der Waals surface area contributed by atoms with E-state index in [4.69, 9.17) is 19.9 Å². The summed E-state index contributed by atoms with van der Waals surface area (Å²) in [4.78, 5) is 22.8. The average Bonchev–Trinajstić information content (AvgIpc) is 1.36. The van der Waals surface area contributed by atoms with E-state index in [0.717, 1.165) is 66.9 Å². The van der Waals surface area contributed by atoms with Crippen LogP contribution in [0, 0.1) is 0 Å². The summed E-state index contributed by atoms with van der Waals surface area (Å²) in [7, 11) is 0. The lowest BCUT2D eigenvalue weighted by molar-refractivity contribution is 0.881. The van der Waals surface area contributed by atoms with E-state index in [1.165, 1.54) is 148 Å². The molecule has 0 radical (unpaired) electrons. The van der Waals surface area contributed by atoms with Gasteiger partial charge in [-0.2, -0.15) is 0 Å². The van der Waals surface area contributed by atoms with Gasteiger partial charge in [0, 0.05) is 55.4 Å². The summed E-state index contributed by atoms with van der Waals surface area (Å²) >= 11 is 1.98. The molecule has 1 aliphatic heterocycles. The molecule has 3 atom stereocenters. The van der Waals surface area contributed by atoms with Crippen molar-refractivity contribution in [3.8, 4) is 135 Å². The Kier molecular flexibility index (Phi) is 18.0. The third-order valence-corrected chi connectivity index (χ3v) is 26.5. The summed E-state index contributed by atoms with van der Waals surface area (Å²) in [5.74, 6) is 2.15. The second kappa shape index (κ2) is 30.6. The number of benzene rings is 18. The van der Waals surface area contributed by atoms with Crippen LogP contribution in [0.15, 0.2) is 447 Å². The van der Waals surface area contributed by atoms with Gasteiger partial charge >= 0.3 is 0 Å². The average molecular weight is 1570 g/mol. The summed E-state index contributed by atoms with van der Waals surface area (Å²) in [6.45, 7) is 0. The Morgan fingerprint density at radius 1 is 0.221 bits per heavy atom. The van der Waals surface area contributed by atoms with E-state index in [0.29, 0.717) is 28.7 Å². The van der Waals surface area contributed by atoms with Crippen LogP contribution < -0.4 is 0 Å². The summed E-state index contributed by atoms with van der Waals surface area (Å²) < 4.78 is 0. The highest BCUT2D eigenvalue weighted by atomic mass is 32.2. The van der Waals surface area contributed by atoms with Crippen LogP contribution in [-0.2, 0) is 0 Å². The maximum absolute atomic E-state index is 5.38. The maximum Gasteiger partial charge on any atom is 0.160 e. The van der Waals surface area contributed by atoms with Crippen molar-refractivity contribution in [1.82, 2.24) is 19.9 Å². The monoisotopic (exact) mass is 1570 g/mol. The predicted molar refractivity (Wildman–Crippen MR) is 514 cm³/mol. The zero-order chi connectivity index (χ0) is 80.6. The molecule has 122 heavy (non-hydrogen) atoms. The Bertz CT molecular complexity index is 7750. The van der Waals surface area contributed by atoms with Crippen molar-refractivity contribution < 1.29 is 0 Å². The second-order valence-corrected chi connectivity index (χ2v) is 33.2. The van der Waals surface area contributed by atoms with Gasteiger partial charge in [-0.15, -0.1) is 11.8 Å². The first-order valence-corrected chi connectivity index (χ1v) is 42.9. The Morgan fingerprint density at radius 3 is 1.03 bits per heavy atom. The number of nitrogens with zero attached hydrogens (tertiary/aromatic N) is 4. The number of hydrogen-bond acceptors (Lipinski definition) is 5. The van der Waals surface area contributed by atoms with Crippen molar-refractivity contribution in [3.63, 3.8) is 0 Å². The van der Waals surface area contributed by atoms with Gasteiger partial charge in [0.1, 0.15) is 0 Å². The molecule has 0 saturated carbocycles. The fourth-order valence-electron chi connectivity index (χ4n) is 19.1. The van der Waals surface area contributed by atoms with Crippen LogP contribution in [0.1, 0.15) is 28.5 Å². The van der Waals surface area contributed by atoms with Crippen molar-refractivity contribution >= 4 is 82.5 Å². The van der Waals surface area contributed by atoms with E-state index >= 15 is 0 Å². The first-order chi connectivity index (χ1) is 60.5. The van der Waals surface area contributed by atoms with E-state index in [-0.39, 0.29) is 0 Å². The Labute approximate surface area is 713 Å². The fraction of sp³-hybridized carbons (Fsp3) is 0.0256. The first-order valence-electron chi connectivity index (χ1n) is 42.0. The molecule has 3 heterocycles. The fourth-order valence-corrected chi connectivity index (χ4v) is 20.5. The topological polar surface area (TPSA) is 51.6 Å². The SMILES string of the molecule is C1=CC2=Cc3c(-c4ccc(-c5nc(-c6ccc(-c7cccc8ccccc78)cc6)cc(-c6ccc(-c7cccc8ccccc78)c7ccccc67)n5)cc4)cccc3C2C=C1.C1=CC2Sc3c(-c4ccc(-c5nc(-c6ccc(-c7cccc8ccccc78)cc6)cc(-c6ccc(-c7cccc8ccccc78)c7ccccc67)n5)cc4)cccc3C2C=C1. The van der Waals surface area contributed by atoms with E-state index in [2.05, 4.69) is 443 Å². The number of allylic oxidation sites excluding steroid dienone is 8. The minimum Gasteiger partial charge on any atom is -0.228 e. The molecule has 3 unspecified atom stereocenters. The van der Waals surface area contributed by atoms with Gasteiger partial charge in [-0.3, -0.25) is 0 Å². The lowest BCUT2D eigenvalue weighted by atomic mass is 9.90. The normalized spacial score (nSPS) is 14.7. The van der Waals surface area contributed by atoms with Crippen LogP contribution >= 0.6 is 11.8 Å². The van der Waals surface area contributed by atoms with Crippen molar-refractivity contribution in [3.05, 3.63) is 459 Å². The molecule has 3 aliphatic carbocycles. The van der Waals surface area contributed by atoms with Gasteiger partial charge in [-0.05, 0) is 172 Å². The van der Waals surface area contributed by atoms with Gasteiger partial charge in [0.25, 0.3) is 0 Å². The summed E-state index contributed by atoms with van der Waals surface area (Å²) in [5, 5.41) is 15.1. The van der Waals surface area contributed by atoms with Gasteiger partial charge in [0.15, 0.2) is 11.6 Å². The third kappa shape index (κ3) is 13.0. The zero-order valence-electron chi connectivity index (χ0n) is 66.6. The van der Waals surface area contributed by atoms with Gasteiger partial charge in [0.05, 0.1) is 22.8 Å². The van der Waals surface area contributed by atoms with Gasteiger partial charge in [-0.1, -0.05) is 425 Å². The first kappa shape index (κ1) is 72.0. The zero-order valence-corrected chi connectivity index (χ0v) is 67.4. The summed E-state index contributed by atoms with van der Waals surface area (Å²) in [6, 6.07) is 140. The number of fused-ring (bicyclic) bond motifs is 12. The standard InChI is InChI=1S/C59H38N2.C58H38N2S/c1-4-17-45-38(12-1)15-9-22-46(45)40-26-30-42(31-27-40)57-37-58(55-35-34-54(52-20-7-8-21-53(52)55)50-24-10-16-39-13-2-5-18-47(39)50)61-59(60-57)43-32-28-41(29-33-43)48-23-11-25-51-49-19-6-3-14-44(49)36-56(48)51;1-3-16-43-37(12-1)14-9-21-44(43)39-26-30-41(31-27-39)54-36-55(51-35-34-50(48-18-5-6-19-49(48)51)47-23-10-15-38-13-2-4-17-45(38)47)60-58(59-54)42-32-28-40(29-33-42)46-22-11-24-53-52-20-7-8-25-56(52)61-57(46)53/h1-37,49H;1-36,52,56H. The molecule has 0 saturated heterocycles. The van der Waals surface area contributed by atoms with Crippen LogP contribution in [0.3, 0.4) is 0 Å². The minimum absolute atomic E-state index is 0.326. The quantitative estimate of drug-likeness (QED) is 0.122. The Balaban J connectivity index is 0.000000142. The van der Waals surface area contributed by atoms with E-state index in [1.807, 2.05) is 11.8 Å². The number of thioether (sulfide) groups is 1. The van der Waals surface area contributed by atoms with Gasteiger partial charge in [0.2, 0.25) is 0 Å². The molecule has 5 heteroatoms. The van der Waals surface area contributed by atoms with Crippen LogP contribution in [0.5, 0.6) is 0 Å². The third-order valence-electron chi connectivity index (χ3n) is 25.1. The van der Waals surface area contributed by atoms with Crippen molar-refractivity contribution in [2.45, 2.75) is 22.0 Å². The molecule has 0 N–H and O–H groups in total. The highest BCUT2D eigenvalue weighted by Crippen LogP contribution is 2.53. The molecular weight excluding hydrogens is 1490 g/mol. The van der Waals surface area contributed by atoms with Crippen LogP contribution in [0.2, 0.25) is 0 Å². The van der Waals surface area contributed by atoms with Gasteiger partial charge < -0.3 is 0 Å². The van der Waals surface area contributed by atoms with Crippen molar-refractivity contribution in [2.24, 2.45) is 0 Å². The molecule has 18 aromatic carbocycles. The van der Waals surface area contributed by atoms with Crippen molar-refractivity contribution in [1.29, 1.82) is 0 Å². The number of rotatable bonds is 12. The van der Waals surface area contributed by atoms with Crippen LogP contribution in [0.4, 0.5) is 0 Å². The molecule has 570 valence electrons. The molecular formula is C117H76N4S. The Hall–Kier alpha value is -15.3. The molecule has 4 aliphatic rings. The largest absolute Gasteiger partial charge is 0.228 e. The van der Waals surface area contributed by atoms with Crippen molar-refractivity contribution in [2.75, 3.05) is 0 Å². The number of aromatic nitrogens is 4. The molecule has 24 rings (SSSR count). The molecule has 0 amide bonds. The van der Waals surface area contributed by atoms with Gasteiger partial charge in [-0.25, -0.2) is 19.9 Å². The lowest BCUT2D eigenvalue weighted by Crippen LogP contribution is -2.06. The summed E-state index contributed by atoms with van der Waals surface area (Å²) in [5.41, 5.74) is 29.8. The second-order valence-electron chi connectivity index (χ2n) is 32.0. The molecule has 2 aromatic heterocycles. The predicted octanol–water partition coefficient (Wildman–Crippen LogP) is 31.2. The summed E-state index contributed by atoms with van der Waals surface area (Å²) in [6.07, 6.45) is 20.2. The molecule has 0 spiro atoms. The van der Waals surface area contributed by atoms with Crippen LogP contribution in [-0.4, -0.2) is 25.2 Å². The molecule has 20 aromatic rings. The Morgan fingerprint density at radius 2 is 0.549 bits per heavy atom. The number of hydrogen-bond donors (Lipinski definition) is 0. The lowest BCUT2D eigenvalue weighted by Gasteiger charge is -2.15. The highest BCUT2D eigenvalue weighted by molar-refractivity contribution is 8.00. The van der Waals surface area contributed by atoms with E-state index < -0.39 is 0 Å². The van der Waals surface area contributed by atoms with Crippen LogP contribution in [0.25, 0.3) is 205 Å². The molecule has 0 bridgehead atoms. The van der Waals surface area contributed by atoms with E-state index in [9.17, 15) is 0 Å².